The minimum Gasteiger partial charge on any atom is -0.345 e. The van der Waals surface area contributed by atoms with Crippen LogP contribution in [0.4, 0.5) is 0 Å². The van der Waals surface area contributed by atoms with Crippen LogP contribution in [0, 0.1) is 11.3 Å². The number of imidazole rings is 1. The van der Waals surface area contributed by atoms with Crippen LogP contribution in [0.15, 0.2) is 6.20 Å². The number of H-pyrrole nitrogens is 1. The summed E-state index contributed by atoms with van der Waals surface area (Å²) >= 11 is 0. The van der Waals surface area contributed by atoms with Crippen molar-refractivity contribution >= 4 is 0 Å². The van der Waals surface area contributed by atoms with E-state index in [1.807, 2.05) is 6.20 Å². The average Bonchev–Trinajstić information content (AvgIpc) is 2.47. The van der Waals surface area contributed by atoms with Gasteiger partial charge >= 0.3 is 0 Å². The van der Waals surface area contributed by atoms with Gasteiger partial charge in [0.1, 0.15) is 5.82 Å². The fourth-order valence-electron chi connectivity index (χ4n) is 1.04. The molecular formula is C10H15N3. The van der Waals surface area contributed by atoms with Crippen molar-refractivity contribution < 1.29 is 0 Å². The second kappa shape index (κ2) is 3.61. The molecule has 0 atom stereocenters. The van der Waals surface area contributed by atoms with Crippen LogP contribution in [0.1, 0.15) is 38.7 Å². The van der Waals surface area contributed by atoms with Crippen molar-refractivity contribution in [2.45, 2.75) is 39.0 Å². The normalized spacial score (nSPS) is 11.2. The highest BCUT2D eigenvalue weighted by Gasteiger charge is 2.15. The molecule has 0 aliphatic carbocycles. The van der Waals surface area contributed by atoms with E-state index in [4.69, 9.17) is 5.26 Å². The molecule has 1 aromatic heterocycles. The van der Waals surface area contributed by atoms with E-state index < -0.39 is 0 Å². The maximum Gasteiger partial charge on any atom is 0.107 e. The molecule has 13 heavy (non-hydrogen) atoms. The quantitative estimate of drug-likeness (QED) is 0.752. The SMILES string of the molecule is CC(C)(C)c1cnc(CCC#N)[nH]1. The van der Waals surface area contributed by atoms with E-state index in [1.165, 1.54) is 0 Å². The lowest BCUT2D eigenvalue weighted by molar-refractivity contribution is 0.570. The fourth-order valence-corrected chi connectivity index (χ4v) is 1.04. The van der Waals surface area contributed by atoms with Crippen molar-refractivity contribution in [3.8, 4) is 6.07 Å². The van der Waals surface area contributed by atoms with Gasteiger partial charge in [-0.1, -0.05) is 20.8 Å². The molecule has 0 saturated carbocycles. The molecule has 0 aliphatic rings. The van der Waals surface area contributed by atoms with E-state index in [2.05, 4.69) is 36.8 Å². The van der Waals surface area contributed by atoms with Crippen LogP contribution < -0.4 is 0 Å². The lowest BCUT2D eigenvalue weighted by Crippen LogP contribution is -2.11. The lowest BCUT2D eigenvalue weighted by atomic mass is 9.93. The second-order valence-electron chi connectivity index (χ2n) is 4.15. The molecule has 0 aliphatic heterocycles. The third-order valence-electron chi connectivity index (χ3n) is 1.91. The summed E-state index contributed by atoms with van der Waals surface area (Å²) in [6, 6.07) is 2.10. The Labute approximate surface area is 78.8 Å². The minimum atomic E-state index is 0.109. The van der Waals surface area contributed by atoms with Gasteiger partial charge in [0.15, 0.2) is 0 Å². The highest BCUT2D eigenvalue weighted by Crippen LogP contribution is 2.19. The summed E-state index contributed by atoms with van der Waals surface area (Å²) in [6.07, 6.45) is 3.09. The van der Waals surface area contributed by atoms with E-state index in [-0.39, 0.29) is 5.41 Å². The van der Waals surface area contributed by atoms with Crippen LogP contribution in [-0.2, 0) is 11.8 Å². The number of hydrogen-bond acceptors (Lipinski definition) is 2. The second-order valence-corrected chi connectivity index (χ2v) is 4.15. The Hall–Kier alpha value is -1.30. The van der Waals surface area contributed by atoms with Gasteiger partial charge in [-0.15, -0.1) is 0 Å². The van der Waals surface area contributed by atoms with Gasteiger partial charge in [0.25, 0.3) is 0 Å². The van der Waals surface area contributed by atoms with Crippen molar-refractivity contribution in [1.29, 1.82) is 5.26 Å². The maximum absolute atomic E-state index is 8.40. The number of aryl methyl sites for hydroxylation is 1. The van der Waals surface area contributed by atoms with Crippen LogP contribution in [0.3, 0.4) is 0 Å². The van der Waals surface area contributed by atoms with E-state index in [0.29, 0.717) is 12.8 Å². The Bertz CT molecular complexity index is 312. The van der Waals surface area contributed by atoms with Gasteiger partial charge in [0.2, 0.25) is 0 Å². The summed E-state index contributed by atoms with van der Waals surface area (Å²) in [7, 11) is 0. The number of nitrogens with one attached hydrogen (secondary N) is 1. The highest BCUT2D eigenvalue weighted by atomic mass is 14.9. The average molecular weight is 177 g/mol. The largest absolute Gasteiger partial charge is 0.345 e. The lowest BCUT2D eigenvalue weighted by Gasteiger charge is -2.14. The van der Waals surface area contributed by atoms with Gasteiger partial charge in [0, 0.05) is 30.1 Å². The van der Waals surface area contributed by atoms with E-state index in [1.54, 1.807) is 0 Å². The third kappa shape index (κ3) is 2.59. The molecule has 0 amide bonds. The van der Waals surface area contributed by atoms with Crippen molar-refractivity contribution in [3.05, 3.63) is 17.7 Å². The Balaban J connectivity index is 2.71. The molecule has 0 spiro atoms. The molecule has 3 nitrogen and oxygen atoms in total. The summed E-state index contributed by atoms with van der Waals surface area (Å²) in [6.45, 7) is 6.40. The molecule has 0 radical (unpaired) electrons. The molecule has 1 N–H and O–H groups in total. The van der Waals surface area contributed by atoms with Gasteiger partial charge in [-0.3, -0.25) is 0 Å². The Morgan fingerprint density at radius 3 is 2.69 bits per heavy atom. The van der Waals surface area contributed by atoms with Crippen molar-refractivity contribution in [2.75, 3.05) is 0 Å². The zero-order valence-electron chi connectivity index (χ0n) is 8.39. The van der Waals surface area contributed by atoms with Crippen LogP contribution in [0.2, 0.25) is 0 Å². The van der Waals surface area contributed by atoms with E-state index in [9.17, 15) is 0 Å². The van der Waals surface area contributed by atoms with Crippen molar-refractivity contribution in [1.82, 2.24) is 9.97 Å². The molecule has 0 fully saturated rings. The standard InChI is InChI=1S/C10H15N3/c1-10(2,3)8-7-12-9(13-8)5-4-6-11/h7H,4-5H2,1-3H3,(H,12,13). The Morgan fingerprint density at radius 1 is 1.54 bits per heavy atom. The summed E-state index contributed by atoms with van der Waals surface area (Å²) in [5, 5.41) is 8.40. The summed E-state index contributed by atoms with van der Waals surface area (Å²) < 4.78 is 0. The van der Waals surface area contributed by atoms with Crippen molar-refractivity contribution in [2.24, 2.45) is 0 Å². The molecule has 0 aromatic carbocycles. The predicted molar refractivity (Wildman–Crippen MR) is 51.2 cm³/mol. The van der Waals surface area contributed by atoms with E-state index >= 15 is 0 Å². The van der Waals surface area contributed by atoms with Gasteiger partial charge in [-0.05, 0) is 0 Å². The Kier molecular flexibility index (Phi) is 2.72. The van der Waals surface area contributed by atoms with Crippen LogP contribution in [0.25, 0.3) is 0 Å². The predicted octanol–water partition coefficient (Wildman–Crippen LogP) is 2.16. The highest BCUT2D eigenvalue weighted by molar-refractivity contribution is 5.11. The molecule has 3 heteroatoms. The maximum atomic E-state index is 8.40. The Morgan fingerprint density at radius 2 is 2.23 bits per heavy atom. The summed E-state index contributed by atoms with van der Waals surface area (Å²) in [5.41, 5.74) is 1.23. The van der Waals surface area contributed by atoms with Gasteiger partial charge in [0.05, 0.1) is 6.07 Å². The molecule has 1 aromatic rings. The number of rotatable bonds is 2. The number of aromatic nitrogens is 2. The third-order valence-corrected chi connectivity index (χ3v) is 1.91. The smallest absolute Gasteiger partial charge is 0.107 e. The first-order valence-corrected chi connectivity index (χ1v) is 4.45. The van der Waals surface area contributed by atoms with Gasteiger partial charge < -0.3 is 4.98 Å². The molecule has 0 unspecified atom stereocenters. The number of aromatic amines is 1. The first-order chi connectivity index (χ1) is 6.04. The van der Waals surface area contributed by atoms with Gasteiger partial charge in [-0.2, -0.15) is 5.26 Å². The topological polar surface area (TPSA) is 52.5 Å². The number of hydrogen-bond donors (Lipinski definition) is 1. The zero-order chi connectivity index (χ0) is 9.90. The monoisotopic (exact) mass is 177 g/mol. The first kappa shape index (κ1) is 9.79. The van der Waals surface area contributed by atoms with Gasteiger partial charge in [-0.25, -0.2) is 4.98 Å². The minimum absolute atomic E-state index is 0.109. The molecule has 0 bridgehead atoms. The molecule has 1 heterocycles. The zero-order valence-corrected chi connectivity index (χ0v) is 8.39. The van der Waals surface area contributed by atoms with Crippen LogP contribution >= 0.6 is 0 Å². The molecular weight excluding hydrogens is 162 g/mol. The molecule has 0 saturated heterocycles. The summed E-state index contributed by atoms with van der Waals surface area (Å²) in [4.78, 5) is 7.44. The summed E-state index contributed by atoms with van der Waals surface area (Å²) in [5.74, 6) is 0.909. The molecule has 1 rings (SSSR count). The first-order valence-electron chi connectivity index (χ1n) is 4.45. The fraction of sp³-hybridized carbons (Fsp3) is 0.600. The van der Waals surface area contributed by atoms with Crippen molar-refractivity contribution in [3.63, 3.8) is 0 Å². The number of nitrogens with zero attached hydrogens (tertiary/aromatic N) is 2. The van der Waals surface area contributed by atoms with Crippen LogP contribution in [-0.4, -0.2) is 9.97 Å². The molecule has 70 valence electrons. The van der Waals surface area contributed by atoms with E-state index in [0.717, 1.165) is 11.5 Å². The van der Waals surface area contributed by atoms with Crippen LogP contribution in [0.5, 0.6) is 0 Å². The number of nitriles is 1.